The summed E-state index contributed by atoms with van der Waals surface area (Å²) in [7, 11) is 2.16. The lowest BCUT2D eigenvalue weighted by atomic mass is 9.91. The number of nitrogens with zero attached hydrogens (tertiary/aromatic N) is 2. The molecule has 0 aliphatic carbocycles. The lowest BCUT2D eigenvalue weighted by Crippen LogP contribution is -2.29. The summed E-state index contributed by atoms with van der Waals surface area (Å²) in [5.74, 6) is 1.91. The highest BCUT2D eigenvalue weighted by Crippen LogP contribution is 2.34. The smallest absolute Gasteiger partial charge is 0.292 e. The molecule has 2 heterocycles. The third kappa shape index (κ3) is 2.21. The SMILES string of the molecule is CC(C)c1nc(N)oc1C1CCN(C)CC1. The molecule has 0 radical (unpaired) electrons. The third-order valence-electron chi connectivity index (χ3n) is 3.33. The highest BCUT2D eigenvalue weighted by atomic mass is 16.4. The second-order valence-electron chi connectivity index (χ2n) is 5.03. The van der Waals surface area contributed by atoms with Crippen LogP contribution in [-0.4, -0.2) is 30.0 Å². The van der Waals surface area contributed by atoms with Gasteiger partial charge in [-0.1, -0.05) is 13.8 Å². The van der Waals surface area contributed by atoms with E-state index in [-0.39, 0.29) is 0 Å². The Balaban J connectivity index is 2.19. The first-order valence-corrected chi connectivity index (χ1v) is 6.02. The van der Waals surface area contributed by atoms with Gasteiger partial charge in [0.05, 0.1) is 5.69 Å². The quantitative estimate of drug-likeness (QED) is 0.835. The Labute approximate surface area is 96.8 Å². The molecule has 0 amide bonds. The molecule has 4 heteroatoms. The minimum Gasteiger partial charge on any atom is -0.428 e. The van der Waals surface area contributed by atoms with E-state index in [4.69, 9.17) is 10.2 Å². The van der Waals surface area contributed by atoms with Crippen LogP contribution in [0.3, 0.4) is 0 Å². The minimum atomic E-state index is 0.317. The van der Waals surface area contributed by atoms with E-state index in [0.29, 0.717) is 17.9 Å². The molecule has 90 valence electrons. The fourth-order valence-electron chi connectivity index (χ4n) is 2.34. The first-order chi connectivity index (χ1) is 7.58. The van der Waals surface area contributed by atoms with Crippen molar-refractivity contribution in [1.82, 2.24) is 9.88 Å². The van der Waals surface area contributed by atoms with E-state index in [0.717, 1.165) is 37.4 Å². The van der Waals surface area contributed by atoms with Crippen LogP contribution in [0.4, 0.5) is 6.01 Å². The molecule has 1 aliphatic rings. The number of likely N-dealkylation sites (tertiary alicyclic amines) is 1. The van der Waals surface area contributed by atoms with Gasteiger partial charge in [0.2, 0.25) is 0 Å². The number of nitrogens with two attached hydrogens (primary N) is 1. The number of hydrogen-bond acceptors (Lipinski definition) is 4. The molecule has 1 fully saturated rings. The Bertz CT molecular complexity index is 351. The molecular weight excluding hydrogens is 202 g/mol. The Morgan fingerprint density at radius 1 is 1.38 bits per heavy atom. The van der Waals surface area contributed by atoms with Gasteiger partial charge in [-0.2, -0.15) is 4.98 Å². The van der Waals surface area contributed by atoms with Gasteiger partial charge in [-0.05, 0) is 38.9 Å². The normalized spacial score (nSPS) is 19.5. The summed E-state index contributed by atoms with van der Waals surface area (Å²) in [6.45, 7) is 6.52. The van der Waals surface area contributed by atoms with Gasteiger partial charge in [-0.25, -0.2) is 0 Å². The van der Waals surface area contributed by atoms with Crippen LogP contribution in [0.15, 0.2) is 4.42 Å². The highest BCUT2D eigenvalue weighted by Gasteiger charge is 2.26. The number of nitrogen functional groups attached to an aromatic ring is 1. The van der Waals surface area contributed by atoms with Crippen molar-refractivity contribution in [2.45, 2.75) is 38.5 Å². The maximum Gasteiger partial charge on any atom is 0.292 e. The lowest BCUT2D eigenvalue weighted by Gasteiger charge is -2.28. The maximum absolute atomic E-state index is 5.66. The Kier molecular flexibility index (Phi) is 3.19. The maximum atomic E-state index is 5.66. The summed E-state index contributed by atoms with van der Waals surface area (Å²) in [5, 5.41) is 0. The fourth-order valence-corrected chi connectivity index (χ4v) is 2.34. The average molecular weight is 223 g/mol. The number of anilines is 1. The Morgan fingerprint density at radius 2 is 2.00 bits per heavy atom. The zero-order chi connectivity index (χ0) is 11.7. The van der Waals surface area contributed by atoms with Crippen LogP contribution in [0, 0.1) is 0 Å². The van der Waals surface area contributed by atoms with Gasteiger partial charge in [0.25, 0.3) is 6.01 Å². The summed E-state index contributed by atoms with van der Waals surface area (Å²) in [4.78, 5) is 6.65. The monoisotopic (exact) mass is 223 g/mol. The molecular formula is C12H21N3O. The highest BCUT2D eigenvalue weighted by molar-refractivity contribution is 5.25. The largest absolute Gasteiger partial charge is 0.428 e. The summed E-state index contributed by atoms with van der Waals surface area (Å²) in [6.07, 6.45) is 2.29. The van der Waals surface area contributed by atoms with Gasteiger partial charge in [0.1, 0.15) is 5.76 Å². The molecule has 1 saturated heterocycles. The molecule has 1 aliphatic heterocycles. The molecule has 2 N–H and O–H groups in total. The van der Waals surface area contributed by atoms with E-state index in [1.807, 2.05) is 0 Å². The number of hydrogen-bond donors (Lipinski definition) is 1. The molecule has 0 atom stereocenters. The van der Waals surface area contributed by atoms with Crippen molar-refractivity contribution >= 4 is 6.01 Å². The molecule has 0 bridgehead atoms. The minimum absolute atomic E-state index is 0.317. The van der Waals surface area contributed by atoms with Gasteiger partial charge in [-0.3, -0.25) is 0 Å². The van der Waals surface area contributed by atoms with Crippen LogP contribution in [0.25, 0.3) is 0 Å². The van der Waals surface area contributed by atoms with Gasteiger partial charge in [0, 0.05) is 5.92 Å². The first kappa shape index (κ1) is 11.5. The Hall–Kier alpha value is -1.03. The van der Waals surface area contributed by atoms with Crippen molar-refractivity contribution in [3.05, 3.63) is 11.5 Å². The molecule has 0 spiro atoms. The molecule has 2 rings (SSSR count). The van der Waals surface area contributed by atoms with Crippen molar-refractivity contribution in [2.75, 3.05) is 25.9 Å². The van der Waals surface area contributed by atoms with Crippen molar-refractivity contribution in [3.8, 4) is 0 Å². The van der Waals surface area contributed by atoms with Crippen LogP contribution in [-0.2, 0) is 0 Å². The summed E-state index contributed by atoms with van der Waals surface area (Å²) < 4.78 is 5.60. The van der Waals surface area contributed by atoms with Crippen molar-refractivity contribution < 1.29 is 4.42 Å². The van der Waals surface area contributed by atoms with Gasteiger partial charge in [-0.15, -0.1) is 0 Å². The number of piperidine rings is 1. The second kappa shape index (κ2) is 4.45. The Morgan fingerprint density at radius 3 is 2.56 bits per heavy atom. The first-order valence-electron chi connectivity index (χ1n) is 6.02. The summed E-state index contributed by atoms with van der Waals surface area (Å²) in [6, 6.07) is 0.317. The summed E-state index contributed by atoms with van der Waals surface area (Å²) >= 11 is 0. The molecule has 0 aromatic carbocycles. The van der Waals surface area contributed by atoms with Crippen molar-refractivity contribution in [1.29, 1.82) is 0 Å². The number of oxazole rings is 1. The molecule has 16 heavy (non-hydrogen) atoms. The van der Waals surface area contributed by atoms with E-state index in [1.54, 1.807) is 0 Å². The second-order valence-corrected chi connectivity index (χ2v) is 5.03. The summed E-state index contributed by atoms with van der Waals surface area (Å²) in [5.41, 5.74) is 6.71. The van der Waals surface area contributed by atoms with E-state index >= 15 is 0 Å². The fraction of sp³-hybridized carbons (Fsp3) is 0.750. The van der Waals surface area contributed by atoms with Crippen LogP contribution in [0.5, 0.6) is 0 Å². The average Bonchev–Trinajstić information content (AvgIpc) is 2.61. The molecule has 0 unspecified atom stereocenters. The number of rotatable bonds is 2. The van der Waals surface area contributed by atoms with Gasteiger partial charge in [0.15, 0.2) is 0 Å². The lowest BCUT2D eigenvalue weighted by molar-refractivity contribution is 0.240. The van der Waals surface area contributed by atoms with Crippen molar-refractivity contribution in [2.24, 2.45) is 0 Å². The van der Waals surface area contributed by atoms with Crippen LogP contribution < -0.4 is 5.73 Å². The molecule has 0 saturated carbocycles. The van der Waals surface area contributed by atoms with Crippen LogP contribution in [0.2, 0.25) is 0 Å². The zero-order valence-corrected chi connectivity index (χ0v) is 10.4. The standard InChI is InChI=1S/C12H21N3O/c1-8(2)10-11(16-12(13)14-10)9-4-6-15(3)7-5-9/h8-9H,4-7H2,1-3H3,(H2,13,14). The van der Waals surface area contributed by atoms with Crippen molar-refractivity contribution in [3.63, 3.8) is 0 Å². The molecule has 1 aromatic heterocycles. The zero-order valence-electron chi connectivity index (χ0n) is 10.4. The topological polar surface area (TPSA) is 55.3 Å². The molecule has 4 nitrogen and oxygen atoms in total. The van der Waals surface area contributed by atoms with E-state index < -0.39 is 0 Å². The van der Waals surface area contributed by atoms with E-state index in [2.05, 4.69) is 30.8 Å². The third-order valence-corrected chi connectivity index (χ3v) is 3.33. The predicted molar refractivity (Wildman–Crippen MR) is 64.5 cm³/mol. The molecule has 1 aromatic rings. The van der Waals surface area contributed by atoms with Gasteiger partial charge < -0.3 is 15.1 Å². The van der Waals surface area contributed by atoms with E-state index in [9.17, 15) is 0 Å². The van der Waals surface area contributed by atoms with Crippen LogP contribution in [0.1, 0.15) is 50.0 Å². The predicted octanol–water partition coefficient (Wildman–Crippen LogP) is 2.19. The van der Waals surface area contributed by atoms with Gasteiger partial charge >= 0.3 is 0 Å². The van der Waals surface area contributed by atoms with E-state index in [1.165, 1.54) is 0 Å². The van der Waals surface area contributed by atoms with Crippen LogP contribution >= 0.6 is 0 Å². The number of aromatic nitrogens is 1.